The highest BCUT2D eigenvalue weighted by atomic mass is 19.1. The molecule has 0 spiro atoms. The van der Waals surface area contributed by atoms with Gasteiger partial charge in [0, 0.05) is 13.2 Å². The Morgan fingerprint density at radius 1 is 1.25 bits per heavy atom. The molecule has 0 heterocycles. The molecule has 0 aliphatic heterocycles. The van der Waals surface area contributed by atoms with Crippen molar-refractivity contribution in [3.8, 4) is 0 Å². The zero-order chi connectivity index (χ0) is 14.4. The van der Waals surface area contributed by atoms with E-state index < -0.39 is 11.8 Å². The zero-order valence-corrected chi connectivity index (χ0v) is 11.4. The van der Waals surface area contributed by atoms with Crippen LogP contribution in [0.15, 0.2) is 24.3 Å². The van der Waals surface area contributed by atoms with Crippen molar-refractivity contribution in [1.82, 2.24) is 5.32 Å². The smallest absolute Gasteiger partial charge is 0.319 e. The quantitative estimate of drug-likeness (QED) is 0.794. The highest BCUT2D eigenvalue weighted by Gasteiger charge is 2.24. The number of aliphatic hydroxyl groups excluding tert-OH is 1. The third-order valence-corrected chi connectivity index (χ3v) is 3.95. The zero-order valence-electron chi connectivity index (χ0n) is 11.4. The van der Waals surface area contributed by atoms with Gasteiger partial charge in [0.2, 0.25) is 0 Å². The summed E-state index contributed by atoms with van der Waals surface area (Å²) in [7, 11) is 0. The molecule has 0 bridgehead atoms. The first kappa shape index (κ1) is 14.8. The summed E-state index contributed by atoms with van der Waals surface area (Å²) in [4.78, 5) is 11.8. The van der Waals surface area contributed by atoms with E-state index in [1.54, 1.807) is 12.1 Å². The van der Waals surface area contributed by atoms with E-state index in [0.29, 0.717) is 12.5 Å². The Morgan fingerprint density at radius 2 is 1.95 bits per heavy atom. The van der Waals surface area contributed by atoms with Gasteiger partial charge in [-0.25, -0.2) is 9.18 Å². The summed E-state index contributed by atoms with van der Waals surface area (Å²) < 4.78 is 13.4. The molecule has 1 aliphatic carbocycles. The summed E-state index contributed by atoms with van der Waals surface area (Å²) in [5, 5.41) is 14.6. The summed E-state index contributed by atoms with van der Waals surface area (Å²) >= 11 is 0. The Bertz CT molecular complexity index is 453. The average Bonchev–Trinajstić information content (AvgIpc) is 2.48. The number of halogens is 1. The lowest BCUT2D eigenvalue weighted by Crippen LogP contribution is -2.37. The summed E-state index contributed by atoms with van der Waals surface area (Å²) in [6.07, 6.45) is 4.31. The van der Waals surface area contributed by atoms with Crippen LogP contribution < -0.4 is 10.6 Å². The van der Waals surface area contributed by atoms with E-state index in [4.69, 9.17) is 0 Å². The van der Waals surface area contributed by atoms with Crippen LogP contribution in [0, 0.1) is 17.7 Å². The van der Waals surface area contributed by atoms with Crippen molar-refractivity contribution in [3.05, 3.63) is 30.1 Å². The van der Waals surface area contributed by atoms with Gasteiger partial charge < -0.3 is 15.7 Å². The number of hydrogen-bond donors (Lipinski definition) is 3. The standard InChI is InChI=1S/C15H21FN2O2/c16-13-7-3-4-8-14(13)18-15(20)17-9-11-5-1-2-6-12(11)10-19/h3-4,7-8,11-12,19H,1-2,5-6,9-10H2,(H2,17,18,20). The fourth-order valence-corrected chi connectivity index (χ4v) is 2.75. The van der Waals surface area contributed by atoms with Gasteiger partial charge in [0.1, 0.15) is 5.82 Å². The predicted octanol–water partition coefficient (Wildman–Crippen LogP) is 2.75. The molecular weight excluding hydrogens is 259 g/mol. The third-order valence-electron chi connectivity index (χ3n) is 3.95. The normalized spacial score (nSPS) is 22.3. The van der Waals surface area contributed by atoms with E-state index in [1.165, 1.54) is 12.1 Å². The summed E-state index contributed by atoms with van der Waals surface area (Å²) in [6.45, 7) is 0.687. The number of benzene rings is 1. The molecule has 110 valence electrons. The van der Waals surface area contributed by atoms with Crippen molar-refractivity contribution in [2.24, 2.45) is 11.8 Å². The van der Waals surface area contributed by atoms with Gasteiger partial charge in [-0.2, -0.15) is 0 Å². The lowest BCUT2D eigenvalue weighted by Gasteiger charge is -2.30. The number of urea groups is 1. The van der Waals surface area contributed by atoms with Crippen molar-refractivity contribution < 1.29 is 14.3 Å². The highest BCUT2D eigenvalue weighted by Crippen LogP contribution is 2.29. The van der Waals surface area contributed by atoms with Crippen LogP contribution >= 0.6 is 0 Å². The molecule has 2 atom stereocenters. The number of carbonyl (C=O) groups is 1. The maximum Gasteiger partial charge on any atom is 0.319 e. The maximum atomic E-state index is 13.4. The first-order valence-electron chi connectivity index (χ1n) is 7.11. The van der Waals surface area contributed by atoms with Crippen molar-refractivity contribution in [2.75, 3.05) is 18.5 Å². The van der Waals surface area contributed by atoms with Crippen molar-refractivity contribution >= 4 is 11.7 Å². The van der Waals surface area contributed by atoms with Crippen LogP contribution in [0.3, 0.4) is 0 Å². The lowest BCUT2D eigenvalue weighted by molar-refractivity contribution is 0.134. The van der Waals surface area contributed by atoms with E-state index in [9.17, 15) is 14.3 Å². The fourth-order valence-electron chi connectivity index (χ4n) is 2.75. The SMILES string of the molecule is O=C(NCC1CCCCC1CO)Nc1ccccc1F. The van der Waals surface area contributed by atoms with Crippen molar-refractivity contribution in [2.45, 2.75) is 25.7 Å². The first-order chi connectivity index (χ1) is 9.70. The summed E-state index contributed by atoms with van der Waals surface area (Å²) in [5.74, 6) is 0.117. The number of amides is 2. The molecule has 3 N–H and O–H groups in total. The number of rotatable bonds is 4. The molecule has 2 amide bonds. The van der Waals surface area contributed by atoms with Crippen molar-refractivity contribution in [3.63, 3.8) is 0 Å². The minimum absolute atomic E-state index is 0.168. The fraction of sp³-hybridized carbons (Fsp3) is 0.533. The average molecular weight is 280 g/mol. The van der Waals surface area contributed by atoms with E-state index in [2.05, 4.69) is 10.6 Å². The molecule has 2 rings (SSSR count). The molecule has 20 heavy (non-hydrogen) atoms. The Kier molecular flexibility index (Phi) is 5.35. The largest absolute Gasteiger partial charge is 0.396 e. The number of anilines is 1. The van der Waals surface area contributed by atoms with Gasteiger partial charge in [-0.1, -0.05) is 25.0 Å². The van der Waals surface area contributed by atoms with Gasteiger partial charge >= 0.3 is 6.03 Å². The van der Waals surface area contributed by atoms with Crippen molar-refractivity contribution in [1.29, 1.82) is 0 Å². The van der Waals surface area contributed by atoms with Gasteiger partial charge in [0.05, 0.1) is 5.69 Å². The van der Waals surface area contributed by atoms with Gasteiger partial charge in [-0.3, -0.25) is 0 Å². The third kappa shape index (κ3) is 3.93. The Labute approximate surface area is 118 Å². The Balaban J connectivity index is 1.81. The molecule has 4 nitrogen and oxygen atoms in total. The van der Waals surface area contributed by atoms with Crippen LogP contribution in [-0.2, 0) is 0 Å². The van der Waals surface area contributed by atoms with Gasteiger partial charge in [-0.15, -0.1) is 0 Å². The maximum absolute atomic E-state index is 13.4. The second-order valence-electron chi connectivity index (χ2n) is 5.30. The summed E-state index contributed by atoms with van der Waals surface area (Å²) in [6, 6.07) is 5.66. The van der Waals surface area contributed by atoms with E-state index in [0.717, 1.165) is 25.7 Å². The second-order valence-corrected chi connectivity index (χ2v) is 5.30. The van der Waals surface area contributed by atoms with E-state index in [1.807, 2.05) is 0 Å². The van der Waals surface area contributed by atoms with Crippen LogP contribution in [0.5, 0.6) is 0 Å². The first-order valence-corrected chi connectivity index (χ1v) is 7.11. The number of nitrogens with one attached hydrogen (secondary N) is 2. The number of hydrogen-bond acceptors (Lipinski definition) is 2. The monoisotopic (exact) mass is 280 g/mol. The molecule has 1 aliphatic rings. The van der Waals surface area contributed by atoms with Crippen LogP contribution in [0.4, 0.5) is 14.9 Å². The number of carbonyl (C=O) groups excluding carboxylic acids is 1. The molecule has 5 heteroatoms. The molecular formula is C15H21FN2O2. The molecule has 0 aromatic heterocycles. The number of aliphatic hydroxyl groups is 1. The molecule has 1 aromatic carbocycles. The molecule has 1 fully saturated rings. The van der Waals surface area contributed by atoms with Crippen LogP contribution in [-0.4, -0.2) is 24.3 Å². The van der Waals surface area contributed by atoms with Gasteiger partial charge in [0.25, 0.3) is 0 Å². The predicted molar refractivity (Wildman–Crippen MR) is 76.0 cm³/mol. The molecule has 2 unspecified atom stereocenters. The Hall–Kier alpha value is -1.62. The Morgan fingerprint density at radius 3 is 2.65 bits per heavy atom. The molecule has 1 saturated carbocycles. The minimum Gasteiger partial charge on any atom is -0.396 e. The van der Waals surface area contributed by atoms with E-state index >= 15 is 0 Å². The lowest BCUT2D eigenvalue weighted by atomic mass is 9.80. The van der Waals surface area contributed by atoms with E-state index in [-0.39, 0.29) is 18.2 Å². The highest BCUT2D eigenvalue weighted by molar-refractivity contribution is 5.89. The van der Waals surface area contributed by atoms with Crippen LogP contribution in [0.1, 0.15) is 25.7 Å². The van der Waals surface area contributed by atoms with Gasteiger partial charge in [0.15, 0.2) is 0 Å². The van der Waals surface area contributed by atoms with Crippen LogP contribution in [0.2, 0.25) is 0 Å². The summed E-state index contributed by atoms with van der Waals surface area (Å²) in [5.41, 5.74) is 0.173. The van der Waals surface area contributed by atoms with Gasteiger partial charge in [-0.05, 0) is 36.8 Å². The molecule has 0 saturated heterocycles. The topological polar surface area (TPSA) is 61.4 Å². The molecule has 1 aromatic rings. The minimum atomic E-state index is -0.450. The molecule has 0 radical (unpaired) electrons. The van der Waals surface area contributed by atoms with Crippen LogP contribution in [0.25, 0.3) is 0 Å². The second kappa shape index (κ2) is 7.24. The number of para-hydroxylation sites is 1.